The molecule has 1 amide bonds. The highest BCUT2D eigenvalue weighted by Gasteiger charge is 2.19. The van der Waals surface area contributed by atoms with E-state index in [0.717, 1.165) is 5.56 Å². The molecule has 0 radical (unpaired) electrons. The quantitative estimate of drug-likeness (QED) is 0.746. The molecule has 0 fully saturated rings. The van der Waals surface area contributed by atoms with Crippen molar-refractivity contribution in [3.8, 4) is 5.75 Å². The summed E-state index contributed by atoms with van der Waals surface area (Å²) in [7, 11) is 0. The summed E-state index contributed by atoms with van der Waals surface area (Å²) >= 11 is 0. The maximum absolute atomic E-state index is 12.8. The zero-order chi connectivity index (χ0) is 19.3. The third-order valence-electron chi connectivity index (χ3n) is 3.75. The summed E-state index contributed by atoms with van der Waals surface area (Å²) < 4.78 is 31.3. The summed E-state index contributed by atoms with van der Waals surface area (Å²) in [6.07, 6.45) is -0.0560. The molecule has 0 aliphatic carbocycles. The average Bonchev–Trinajstić information content (AvgIpc) is 2.87. The summed E-state index contributed by atoms with van der Waals surface area (Å²) in [6, 6.07) is 6.66. The fraction of sp³-hybridized carbons (Fsp3) is 0.353. The van der Waals surface area contributed by atoms with Gasteiger partial charge in [-0.2, -0.15) is 13.9 Å². The van der Waals surface area contributed by atoms with Gasteiger partial charge in [0.2, 0.25) is 5.91 Å². The number of aliphatic carboxylic acids is 1. The number of carbonyl (C=O) groups is 2. The molecule has 7 nitrogen and oxygen atoms in total. The van der Waals surface area contributed by atoms with E-state index in [1.807, 2.05) is 0 Å². The van der Waals surface area contributed by atoms with Crippen LogP contribution in [0.4, 0.5) is 8.78 Å². The topological polar surface area (TPSA) is 93.5 Å². The Morgan fingerprint density at radius 1 is 1.35 bits per heavy atom. The first kappa shape index (κ1) is 19.4. The van der Waals surface area contributed by atoms with Crippen molar-refractivity contribution in [2.45, 2.75) is 33.4 Å². The van der Waals surface area contributed by atoms with Gasteiger partial charge in [-0.1, -0.05) is 12.1 Å². The number of benzene rings is 1. The molecule has 0 saturated carbocycles. The second kappa shape index (κ2) is 8.41. The lowest BCUT2D eigenvalue weighted by Crippen LogP contribution is -2.25. The third-order valence-corrected chi connectivity index (χ3v) is 3.75. The molecule has 140 valence electrons. The van der Waals surface area contributed by atoms with E-state index in [1.54, 1.807) is 31.2 Å². The number of nitrogens with zero attached hydrogens (tertiary/aromatic N) is 2. The summed E-state index contributed by atoms with van der Waals surface area (Å²) in [4.78, 5) is 22.6. The predicted molar refractivity (Wildman–Crippen MR) is 88.1 cm³/mol. The summed E-state index contributed by atoms with van der Waals surface area (Å²) in [5, 5.41) is 15.1. The van der Waals surface area contributed by atoms with E-state index in [1.165, 1.54) is 6.92 Å². The van der Waals surface area contributed by atoms with Gasteiger partial charge in [-0.3, -0.25) is 4.79 Å². The minimum absolute atomic E-state index is 0.0560. The number of hydrogen-bond donors (Lipinski definition) is 2. The lowest BCUT2D eigenvalue weighted by atomic mass is 10.1. The number of carbonyl (C=O) groups excluding carboxylic acids is 1. The van der Waals surface area contributed by atoms with Gasteiger partial charge in [0.25, 0.3) is 0 Å². The normalized spacial score (nSPS) is 10.8. The summed E-state index contributed by atoms with van der Waals surface area (Å²) in [5.41, 5.74) is 1.85. The number of rotatable bonds is 8. The molecule has 0 spiro atoms. The number of hydrogen-bond acceptors (Lipinski definition) is 4. The number of alkyl halides is 2. The van der Waals surface area contributed by atoms with Gasteiger partial charge in [-0.15, -0.1) is 0 Å². The minimum Gasteiger partial charge on any atom is -0.482 e. The van der Waals surface area contributed by atoms with Crippen LogP contribution in [0, 0.1) is 13.8 Å². The average molecular weight is 367 g/mol. The highest BCUT2D eigenvalue weighted by atomic mass is 19.3. The Bertz CT molecular complexity index is 805. The van der Waals surface area contributed by atoms with E-state index in [0.29, 0.717) is 21.7 Å². The van der Waals surface area contributed by atoms with Crippen LogP contribution in [0.25, 0.3) is 0 Å². The molecule has 0 aliphatic rings. The molecule has 1 heterocycles. The Morgan fingerprint density at radius 3 is 2.69 bits per heavy atom. The molecule has 0 aliphatic heterocycles. The van der Waals surface area contributed by atoms with Crippen molar-refractivity contribution < 1.29 is 28.2 Å². The molecule has 26 heavy (non-hydrogen) atoms. The Morgan fingerprint density at radius 2 is 2.08 bits per heavy atom. The number of carboxylic acids is 1. The smallest absolute Gasteiger partial charge is 0.341 e. The van der Waals surface area contributed by atoms with Gasteiger partial charge in [0, 0.05) is 17.8 Å². The number of halogens is 2. The first-order valence-corrected chi connectivity index (χ1v) is 7.81. The maximum atomic E-state index is 12.8. The number of nitrogens with one attached hydrogen (secondary N) is 1. The number of amides is 1. The molecule has 0 saturated heterocycles. The highest BCUT2D eigenvalue weighted by molar-refractivity contribution is 5.79. The Balaban J connectivity index is 1.95. The van der Waals surface area contributed by atoms with Crippen LogP contribution in [0.2, 0.25) is 0 Å². The van der Waals surface area contributed by atoms with Crippen molar-refractivity contribution in [3.63, 3.8) is 0 Å². The second-order valence-electron chi connectivity index (χ2n) is 5.65. The lowest BCUT2D eigenvalue weighted by Gasteiger charge is -2.08. The van der Waals surface area contributed by atoms with Gasteiger partial charge in [-0.25, -0.2) is 9.48 Å². The van der Waals surface area contributed by atoms with Crippen LogP contribution in [0.3, 0.4) is 0 Å². The fourth-order valence-corrected chi connectivity index (χ4v) is 2.46. The molecule has 2 aromatic rings. The second-order valence-corrected chi connectivity index (χ2v) is 5.65. The molecule has 0 unspecified atom stereocenters. The van der Waals surface area contributed by atoms with E-state index in [-0.39, 0.29) is 24.6 Å². The molecule has 1 aromatic carbocycles. The molecular formula is C17H19F2N3O4. The maximum Gasteiger partial charge on any atom is 0.341 e. The fourth-order valence-electron chi connectivity index (χ4n) is 2.46. The first-order chi connectivity index (χ1) is 12.3. The molecule has 2 N–H and O–H groups in total. The SMILES string of the molecule is Cc1nn(C(F)F)c(C)c1CC(=O)NCc1cccc(OCC(=O)O)c1. The van der Waals surface area contributed by atoms with Crippen molar-refractivity contribution in [1.29, 1.82) is 0 Å². The van der Waals surface area contributed by atoms with Crippen molar-refractivity contribution in [1.82, 2.24) is 15.1 Å². The van der Waals surface area contributed by atoms with Gasteiger partial charge in [-0.05, 0) is 31.5 Å². The Hall–Kier alpha value is -2.97. The van der Waals surface area contributed by atoms with E-state index in [4.69, 9.17) is 9.84 Å². The standard InChI is InChI=1S/C17H19F2N3O4/c1-10-14(11(2)22(21-10)17(18)19)7-15(23)20-8-12-4-3-5-13(6-12)26-9-16(24)25/h3-6,17H,7-9H2,1-2H3,(H,20,23)(H,24,25). The van der Waals surface area contributed by atoms with Gasteiger partial charge < -0.3 is 15.2 Å². The van der Waals surface area contributed by atoms with E-state index in [2.05, 4.69) is 10.4 Å². The zero-order valence-corrected chi connectivity index (χ0v) is 14.3. The predicted octanol–water partition coefficient (Wildman–Crippen LogP) is 2.22. The number of aromatic nitrogens is 2. The first-order valence-electron chi connectivity index (χ1n) is 7.81. The van der Waals surface area contributed by atoms with Crippen molar-refractivity contribution >= 4 is 11.9 Å². The third kappa shape index (κ3) is 5.01. The van der Waals surface area contributed by atoms with Crippen LogP contribution in [0.15, 0.2) is 24.3 Å². The van der Waals surface area contributed by atoms with E-state index in [9.17, 15) is 18.4 Å². The molecular weight excluding hydrogens is 348 g/mol. The van der Waals surface area contributed by atoms with Crippen LogP contribution in [0.1, 0.15) is 29.1 Å². The van der Waals surface area contributed by atoms with E-state index < -0.39 is 19.1 Å². The van der Waals surface area contributed by atoms with Crippen molar-refractivity contribution in [2.24, 2.45) is 0 Å². The summed E-state index contributed by atoms with van der Waals surface area (Å²) in [6.45, 7) is 0.0710. The number of ether oxygens (including phenoxy) is 1. The molecule has 0 bridgehead atoms. The summed E-state index contributed by atoms with van der Waals surface area (Å²) in [5.74, 6) is -1.04. The minimum atomic E-state index is -2.75. The monoisotopic (exact) mass is 367 g/mol. The van der Waals surface area contributed by atoms with Crippen LogP contribution in [-0.4, -0.2) is 33.4 Å². The van der Waals surface area contributed by atoms with Gasteiger partial charge in [0.05, 0.1) is 12.1 Å². The van der Waals surface area contributed by atoms with Crippen molar-refractivity contribution in [2.75, 3.05) is 6.61 Å². The number of aryl methyl sites for hydroxylation is 1. The molecule has 2 rings (SSSR count). The molecule has 9 heteroatoms. The van der Waals surface area contributed by atoms with Crippen molar-refractivity contribution in [3.05, 3.63) is 46.8 Å². The molecule has 1 aromatic heterocycles. The highest BCUT2D eigenvalue weighted by Crippen LogP contribution is 2.20. The Labute approximate surface area is 148 Å². The van der Waals surface area contributed by atoms with Gasteiger partial charge in [0.1, 0.15) is 5.75 Å². The van der Waals surface area contributed by atoms with Gasteiger partial charge in [0.15, 0.2) is 6.61 Å². The number of carboxylic acid groups (broad SMARTS) is 1. The van der Waals surface area contributed by atoms with Gasteiger partial charge >= 0.3 is 12.5 Å². The Kier molecular flexibility index (Phi) is 6.26. The zero-order valence-electron chi connectivity index (χ0n) is 14.3. The van der Waals surface area contributed by atoms with Crippen LogP contribution in [0.5, 0.6) is 5.75 Å². The van der Waals surface area contributed by atoms with Crippen LogP contribution >= 0.6 is 0 Å². The van der Waals surface area contributed by atoms with Crippen LogP contribution in [-0.2, 0) is 22.6 Å². The largest absolute Gasteiger partial charge is 0.482 e. The van der Waals surface area contributed by atoms with Crippen LogP contribution < -0.4 is 10.1 Å². The molecule has 0 atom stereocenters. The van der Waals surface area contributed by atoms with E-state index >= 15 is 0 Å². The lowest BCUT2D eigenvalue weighted by molar-refractivity contribution is -0.139.